The van der Waals surface area contributed by atoms with E-state index < -0.39 is 76.5 Å². The lowest BCUT2D eigenvalue weighted by Gasteiger charge is -2.68. The average Bonchev–Trinajstić information content (AvgIpc) is 2.85. The lowest BCUT2D eigenvalue weighted by molar-refractivity contribution is -0.294. The number of hydrogen-bond donors (Lipinski definition) is 2. The zero-order valence-corrected chi connectivity index (χ0v) is 21.0. The van der Waals surface area contributed by atoms with Crippen molar-refractivity contribution in [2.75, 3.05) is 0 Å². The van der Waals surface area contributed by atoms with Crippen molar-refractivity contribution in [3.63, 3.8) is 0 Å². The number of ether oxygens (including phenoxy) is 3. The summed E-state index contributed by atoms with van der Waals surface area (Å²) in [6.45, 7) is 14.1. The molecule has 0 heterocycles. The summed E-state index contributed by atoms with van der Waals surface area (Å²) >= 11 is 0. The van der Waals surface area contributed by atoms with Gasteiger partial charge in [0.2, 0.25) is 0 Å². The number of carbonyl (C=O) groups excluding carboxylic acids is 3. The van der Waals surface area contributed by atoms with Gasteiger partial charge in [-0.1, -0.05) is 27.4 Å². The predicted octanol–water partition coefficient (Wildman–Crippen LogP) is 2.54. The summed E-state index contributed by atoms with van der Waals surface area (Å²) in [5.74, 6) is -2.22. The molecule has 34 heavy (non-hydrogen) atoms. The van der Waals surface area contributed by atoms with Gasteiger partial charge in [0.05, 0.1) is 12.2 Å². The van der Waals surface area contributed by atoms with Gasteiger partial charge in [-0.15, -0.1) is 0 Å². The minimum atomic E-state index is -0.861. The second kappa shape index (κ2) is 8.05. The van der Waals surface area contributed by atoms with Gasteiger partial charge < -0.3 is 24.4 Å². The second-order valence-corrected chi connectivity index (χ2v) is 11.8. The number of hydrogen-bond acceptors (Lipinski definition) is 8. The van der Waals surface area contributed by atoms with Crippen LogP contribution in [0, 0.1) is 34.0 Å². The minimum Gasteiger partial charge on any atom is -0.462 e. The normalized spacial score (nSPS) is 46.6. The molecule has 0 aromatic rings. The van der Waals surface area contributed by atoms with Crippen molar-refractivity contribution in [1.29, 1.82) is 0 Å². The molecule has 8 nitrogen and oxygen atoms in total. The van der Waals surface area contributed by atoms with E-state index in [2.05, 4.69) is 6.58 Å². The maximum absolute atomic E-state index is 12.3. The third kappa shape index (κ3) is 3.43. The molecule has 190 valence electrons. The molecule has 0 aromatic heterocycles. The Morgan fingerprint density at radius 3 is 1.97 bits per heavy atom. The Morgan fingerprint density at radius 1 is 0.853 bits per heavy atom. The van der Waals surface area contributed by atoms with E-state index in [1.165, 1.54) is 20.8 Å². The Kier molecular flexibility index (Phi) is 5.96. The molecule has 0 amide bonds. The van der Waals surface area contributed by atoms with Crippen LogP contribution in [0.2, 0.25) is 0 Å². The highest BCUT2D eigenvalue weighted by atomic mass is 16.6. The quantitative estimate of drug-likeness (QED) is 0.361. The first-order valence-corrected chi connectivity index (χ1v) is 12.2. The van der Waals surface area contributed by atoms with Crippen LogP contribution in [0.4, 0.5) is 0 Å². The molecule has 10 unspecified atom stereocenters. The molecule has 2 bridgehead atoms. The number of rotatable bonds is 3. The van der Waals surface area contributed by atoms with E-state index in [0.29, 0.717) is 24.8 Å². The van der Waals surface area contributed by atoms with Gasteiger partial charge in [-0.2, -0.15) is 0 Å². The fourth-order valence-electron chi connectivity index (χ4n) is 8.81. The molecule has 8 heteroatoms. The maximum Gasteiger partial charge on any atom is 0.302 e. The number of carbonyl (C=O) groups is 3. The van der Waals surface area contributed by atoms with Gasteiger partial charge in [0.1, 0.15) is 18.3 Å². The topological polar surface area (TPSA) is 119 Å². The van der Waals surface area contributed by atoms with E-state index in [0.717, 1.165) is 0 Å². The van der Waals surface area contributed by atoms with Crippen LogP contribution >= 0.6 is 0 Å². The van der Waals surface area contributed by atoms with Crippen molar-refractivity contribution < 1.29 is 38.8 Å². The minimum absolute atomic E-state index is 0.0167. The van der Waals surface area contributed by atoms with E-state index in [1.54, 1.807) is 0 Å². The Labute approximate surface area is 201 Å². The van der Waals surface area contributed by atoms with Gasteiger partial charge in [-0.3, -0.25) is 14.4 Å². The Bertz CT molecular complexity index is 910. The van der Waals surface area contributed by atoms with Crippen molar-refractivity contribution in [2.24, 2.45) is 34.0 Å². The van der Waals surface area contributed by atoms with Gasteiger partial charge in [0.25, 0.3) is 0 Å². The molecule has 0 aromatic carbocycles. The van der Waals surface area contributed by atoms with E-state index in [9.17, 15) is 24.6 Å². The molecule has 0 aliphatic heterocycles. The van der Waals surface area contributed by atoms with Crippen LogP contribution in [0.15, 0.2) is 12.2 Å². The average molecular weight is 479 g/mol. The lowest BCUT2D eigenvalue weighted by Crippen LogP contribution is -2.73. The summed E-state index contributed by atoms with van der Waals surface area (Å²) in [7, 11) is 0. The zero-order valence-electron chi connectivity index (χ0n) is 21.0. The third-order valence-electron chi connectivity index (χ3n) is 9.56. The summed E-state index contributed by atoms with van der Waals surface area (Å²) in [6, 6.07) is 0. The molecule has 4 aliphatic rings. The van der Waals surface area contributed by atoms with Gasteiger partial charge in [0.15, 0.2) is 0 Å². The van der Waals surface area contributed by atoms with Gasteiger partial charge in [0, 0.05) is 55.3 Å². The van der Waals surface area contributed by atoms with Gasteiger partial charge in [-0.05, 0) is 30.8 Å². The van der Waals surface area contributed by atoms with Crippen LogP contribution in [0.25, 0.3) is 0 Å². The highest BCUT2D eigenvalue weighted by molar-refractivity contribution is 5.67. The summed E-state index contributed by atoms with van der Waals surface area (Å²) in [5.41, 5.74) is -1.58. The highest BCUT2D eigenvalue weighted by Gasteiger charge is 2.75. The summed E-state index contributed by atoms with van der Waals surface area (Å²) < 4.78 is 17.6. The fourth-order valence-corrected chi connectivity index (χ4v) is 8.81. The van der Waals surface area contributed by atoms with Gasteiger partial charge in [-0.25, -0.2) is 0 Å². The maximum atomic E-state index is 12.3. The molecule has 4 aliphatic carbocycles. The van der Waals surface area contributed by atoms with E-state index >= 15 is 0 Å². The van der Waals surface area contributed by atoms with Crippen LogP contribution in [0.1, 0.15) is 67.2 Å². The Balaban J connectivity index is 1.94. The summed E-state index contributed by atoms with van der Waals surface area (Å²) in [4.78, 5) is 36.5. The van der Waals surface area contributed by atoms with Gasteiger partial charge >= 0.3 is 17.9 Å². The van der Waals surface area contributed by atoms with Crippen molar-refractivity contribution in [3.8, 4) is 0 Å². The van der Waals surface area contributed by atoms with Crippen LogP contribution in [-0.2, 0) is 28.6 Å². The predicted molar refractivity (Wildman–Crippen MR) is 121 cm³/mol. The van der Waals surface area contributed by atoms with Crippen LogP contribution < -0.4 is 0 Å². The monoisotopic (exact) mass is 478 g/mol. The SMILES string of the molecule is C=C1C2CC(O)C3C(C2)(CC(OC(C)=O)C2C(C)(C)C(OC(C)=O)CC(OC(C)=O)C23C)C1O. The molecular formula is C26H38O8. The first-order chi connectivity index (χ1) is 15.7. The first kappa shape index (κ1) is 25.2. The van der Waals surface area contributed by atoms with Crippen molar-refractivity contribution >= 4 is 17.9 Å². The highest BCUT2D eigenvalue weighted by Crippen LogP contribution is 2.73. The molecule has 0 radical (unpaired) electrons. The van der Waals surface area contributed by atoms with Crippen molar-refractivity contribution in [3.05, 3.63) is 12.2 Å². The molecule has 2 N–H and O–H groups in total. The Morgan fingerprint density at radius 2 is 1.41 bits per heavy atom. The number of fused-ring (bicyclic) bond motifs is 3. The van der Waals surface area contributed by atoms with E-state index in [1.807, 2.05) is 20.8 Å². The smallest absolute Gasteiger partial charge is 0.302 e. The van der Waals surface area contributed by atoms with Crippen molar-refractivity contribution in [2.45, 2.75) is 97.7 Å². The van der Waals surface area contributed by atoms with E-state index in [-0.39, 0.29) is 12.3 Å². The molecule has 4 fully saturated rings. The summed E-state index contributed by atoms with van der Waals surface area (Å²) in [6.07, 6.45) is -1.81. The fraction of sp³-hybridized carbons (Fsp3) is 0.808. The molecule has 10 atom stereocenters. The number of esters is 3. The van der Waals surface area contributed by atoms with Crippen LogP contribution in [0.5, 0.6) is 0 Å². The number of aliphatic hydroxyl groups is 2. The first-order valence-electron chi connectivity index (χ1n) is 12.2. The molecule has 4 saturated carbocycles. The van der Waals surface area contributed by atoms with Crippen LogP contribution in [-0.4, -0.2) is 58.6 Å². The third-order valence-corrected chi connectivity index (χ3v) is 9.56. The largest absolute Gasteiger partial charge is 0.462 e. The molecule has 1 spiro atoms. The lowest BCUT2D eigenvalue weighted by atomic mass is 9.38. The second-order valence-electron chi connectivity index (χ2n) is 11.8. The van der Waals surface area contributed by atoms with E-state index in [4.69, 9.17) is 14.2 Å². The Hall–Kier alpha value is -1.93. The number of aliphatic hydroxyl groups excluding tert-OH is 2. The molecule has 4 rings (SSSR count). The van der Waals surface area contributed by atoms with Crippen molar-refractivity contribution in [1.82, 2.24) is 0 Å². The summed E-state index contributed by atoms with van der Waals surface area (Å²) in [5, 5.41) is 23.0. The molecular weight excluding hydrogens is 440 g/mol. The standard InChI is InChI=1S/C26H38O8/c1-12-16-8-17(30)21-25(7)20(34-15(4)29)9-19(33-14(3)28)24(5,6)22(25)18(32-13(2)27)11-26(21,10-16)23(12)31/h16-23,30-31H,1,8-11H2,2-7H3. The zero-order chi connectivity index (χ0) is 25.4. The molecule has 0 saturated heterocycles. The van der Waals surface area contributed by atoms with Crippen LogP contribution in [0.3, 0.4) is 0 Å².